The van der Waals surface area contributed by atoms with Gasteiger partial charge in [0.05, 0.1) is 19.4 Å². The Kier molecular flexibility index (Phi) is 6.44. The number of ether oxygens (including phenoxy) is 1. The van der Waals surface area contributed by atoms with Gasteiger partial charge < -0.3 is 14.5 Å². The van der Waals surface area contributed by atoms with Gasteiger partial charge in [0.25, 0.3) is 5.91 Å². The second-order valence-corrected chi connectivity index (χ2v) is 8.51. The molecule has 0 aromatic heterocycles. The summed E-state index contributed by atoms with van der Waals surface area (Å²) in [6.45, 7) is 0.660. The van der Waals surface area contributed by atoms with Crippen molar-refractivity contribution in [3.05, 3.63) is 114 Å². The monoisotopic (exact) mass is 468 g/mol. The fourth-order valence-electron chi connectivity index (χ4n) is 4.43. The summed E-state index contributed by atoms with van der Waals surface area (Å²) < 4.78 is 19.0. The Labute approximate surface area is 203 Å². The van der Waals surface area contributed by atoms with Crippen molar-refractivity contribution >= 4 is 22.4 Å². The molecule has 0 saturated heterocycles. The number of para-hydroxylation sites is 1. The smallest absolute Gasteiger partial charge is 0.254 e. The third-order valence-corrected chi connectivity index (χ3v) is 6.17. The molecular formula is C29H25FN2O3. The van der Waals surface area contributed by atoms with Gasteiger partial charge >= 0.3 is 0 Å². The Balaban J connectivity index is 1.41. The minimum atomic E-state index is -0.311. The van der Waals surface area contributed by atoms with Gasteiger partial charge in [0.1, 0.15) is 11.6 Å². The first-order chi connectivity index (χ1) is 17.1. The van der Waals surface area contributed by atoms with E-state index in [1.165, 1.54) is 12.1 Å². The standard InChI is InChI=1S/C29H25FN2O3/c1-34-28-12-5-4-10-26(28)27-17-23(35-31-27)19-32(18-20-13-15-22(30)16-14-20)29(33)25-11-6-8-21-7-2-3-9-24(21)25/h2-16,23H,17-19H2,1H3. The van der Waals surface area contributed by atoms with Crippen LogP contribution in [0.4, 0.5) is 4.39 Å². The van der Waals surface area contributed by atoms with Gasteiger partial charge in [-0.05, 0) is 46.7 Å². The first-order valence-corrected chi connectivity index (χ1v) is 11.5. The highest BCUT2D eigenvalue weighted by Gasteiger charge is 2.29. The number of fused-ring (bicyclic) bond motifs is 1. The first-order valence-electron chi connectivity index (χ1n) is 11.5. The minimum Gasteiger partial charge on any atom is -0.496 e. The Morgan fingerprint density at radius 1 is 1.00 bits per heavy atom. The van der Waals surface area contributed by atoms with E-state index in [1.807, 2.05) is 66.7 Å². The summed E-state index contributed by atoms with van der Waals surface area (Å²) in [5.41, 5.74) is 3.12. The molecule has 0 spiro atoms. The van der Waals surface area contributed by atoms with E-state index in [-0.39, 0.29) is 17.8 Å². The van der Waals surface area contributed by atoms with Crippen LogP contribution < -0.4 is 4.74 Å². The number of nitrogens with zero attached hydrogens (tertiary/aromatic N) is 2. The molecule has 1 atom stereocenters. The van der Waals surface area contributed by atoms with Crippen molar-refractivity contribution in [2.75, 3.05) is 13.7 Å². The van der Waals surface area contributed by atoms with Gasteiger partial charge in [0.2, 0.25) is 0 Å². The van der Waals surface area contributed by atoms with Crippen LogP contribution in [-0.4, -0.2) is 36.3 Å². The summed E-state index contributed by atoms with van der Waals surface area (Å²) in [4.78, 5) is 21.3. The van der Waals surface area contributed by atoms with Crippen molar-refractivity contribution in [3.63, 3.8) is 0 Å². The topological polar surface area (TPSA) is 51.1 Å². The SMILES string of the molecule is COc1ccccc1C1=NOC(CN(Cc2ccc(F)cc2)C(=O)c2cccc3ccccc23)C1. The largest absolute Gasteiger partial charge is 0.496 e. The Morgan fingerprint density at radius 2 is 1.74 bits per heavy atom. The van der Waals surface area contributed by atoms with Crippen molar-refractivity contribution in [2.24, 2.45) is 5.16 Å². The zero-order valence-electron chi connectivity index (χ0n) is 19.4. The number of oxime groups is 1. The number of methoxy groups -OCH3 is 1. The number of rotatable bonds is 7. The average Bonchev–Trinajstić information content (AvgIpc) is 3.37. The van der Waals surface area contributed by atoms with Crippen molar-refractivity contribution in [1.82, 2.24) is 4.90 Å². The van der Waals surface area contributed by atoms with Crippen molar-refractivity contribution in [1.29, 1.82) is 0 Å². The molecule has 5 nitrogen and oxygen atoms in total. The molecule has 4 aromatic carbocycles. The predicted octanol–water partition coefficient (Wildman–Crippen LogP) is 5.82. The highest BCUT2D eigenvalue weighted by atomic mass is 19.1. The maximum Gasteiger partial charge on any atom is 0.254 e. The molecule has 1 amide bonds. The maximum absolute atomic E-state index is 13.8. The lowest BCUT2D eigenvalue weighted by Gasteiger charge is -2.26. The van der Waals surface area contributed by atoms with Crippen LogP contribution in [0.1, 0.15) is 27.9 Å². The number of halogens is 1. The summed E-state index contributed by atoms with van der Waals surface area (Å²) >= 11 is 0. The molecule has 0 bridgehead atoms. The van der Waals surface area contributed by atoms with Crippen LogP contribution in [0.5, 0.6) is 5.75 Å². The molecule has 1 aliphatic heterocycles. The quantitative estimate of drug-likeness (QED) is 0.343. The van der Waals surface area contributed by atoms with E-state index in [1.54, 1.807) is 24.1 Å². The summed E-state index contributed by atoms with van der Waals surface area (Å²) in [5, 5.41) is 6.19. The van der Waals surface area contributed by atoms with Gasteiger partial charge in [-0.1, -0.05) is 65.8 Å². The van der Waals surface area contributed by atoms with Crippen molar-refractivity contribution < 1.29 is 18.8 Å². The molecule has 176 valence electrons. The fraction of sp³-hybridized carbons (Fsp3) is 0.172. The maximum atomic E-state index is 13.8. The number of carbonyl (C=O) groups excluding carboxylic acids is 1. The van der Waals surface area contributed by atoms with E-state index in [0.717, 1.165) is 33.4 Å². The number of carbonyl (C=O) groups is 1. The van der Waals surface area contributed by atoms with E-state index < -0.39 is 0 Å². The molecule has 4 aromatic rings. The Hall–Kier alpha value is -4.19. The Bertz CT molecular complexity index is 1380. The zero-order valence-corrected chi connectivity index (χ0v) is 19.4. The summed E-state index contributed by atoms with van der Waals surface area (Å²) in [6.07, 6.45) is 0.234. The van der Waals surface area contributed by atoms with Gasteiger partial charge in [-0.2, -0.15) is 0 Å². The van der Waals surface area contributed by atoms with Crippen LogP contribution in [0.3, 0.4) is 0 Å². The van der Waals surface area contributed by atoms with Crippen LogP contribution in [0.2, 0.25) is 0 Å². The summed E-state index contributed by atoms with van der Waals surface area (Å²) in [6, 6.07) is 27.4. The third-order valence-electron chi connectivity index (χ3n) is 6.17. The summed E-state index contributed by atoms with van der Waals surface area (Å²) in [5.74, 6) is 0.306. The second kappa shape index (κ2) is 9.97. The lowest BCUT2D eigenvalue weighted by Crippen LogP contribution is -2.37. The fourth-order valence-corrected chi connectivity index (χ4v) is 4.43. The number of hydrogen-bond donors (Lipinski definition) is 0. The zero-order chi connectivity index (χ0) is 24.2. The molecule has 35 heavy (non-hydrogen) atoms. The van der Waals surface area contributed by atoms with Gasteiger partial charge in [0, 0.05) is 24.1 Å². The lowest BCUT2D eigenvalue weighted by molar-refractivity contribution is 0.0406. The molecule has 0 fully saturated rings. The highest BCUT2D eigenvalue weighted by molar-refractivity contribution is 6.07. The Morgan fingerprint density at radius 3 is 2.57 bits per heavy atom. The second-order valence-electron chi connectivity index (χ2n) is 8.51. The molecule has 5 rings (SSSR count). The van der Waals surface area contributed by atoms with E-state index in [9.17, 15) is 9.18 Å². The van der Waals surface area contributed by atoms with E-state index >= 15 is 0 Å². The molecule has 0 saturated carbocycles. The van der Waals surface area contributed by atoms with Crippen LogP contribution in [0, 0.1) is 5.82 Å². The molecule has 1 heterocycles. The first kappa shape index (κ1) is 22.6. The number of amides is 1. The van der Waals surface area contributed by atoms with Gasteiger partial charge in [-0.3, -0.25) is 4.79 Å². The average molecular weight is 469 g/mol. The minimum absolute atomic E-state index is 0.111. The molecule has 0 radical (unpaired) electrons. The van der Waals surface area contributed by atoms with Gasteiger partial charge in [-0.25, -0.2) is 4.39 Å². The third kappa shape index (κ3) is 4.87. The van der Waals surface area contributed by atoms with Crippen molar-refractivity contribution in [3.8, 4) is 5.75 Å². The molecule has 6 heteroatoms. The normalized spacial score (nSPS) is 14.9. The van der Waals surface area contributed by atoms with E-state index in [0.29, 0.717) is 25.1 Å². The van der Waals surface area contributed by atoms with Gasteiger partial charge in [-0.15, -0.1) is 0 Å². The van der Waals surface area contributed by atoms with Gasteiger partial charge in [0.15, 0.2) is 6.10 Å². The number of benzene rings is 4. The molecular weight excluding hydrogens is 443 g/mol. The molecule has 1 aliphatic rings. The van der Waals surface area contributed by atoms with Crippen LogP contribution in [-0.2, 0) is 11.4 Å². The lowest BCUT2D eigenvalue weighted by atomic mass is 10.0. The highest BCUT2D eigenvalue weighted by Crippen LogP contribution is 2.26. The van der Waals surface area contributed by atoms with E-state index in [2.05, 4.69) is 5.16 Å². The molecule has 0 aliphatic carbocycles. The molecule has 1 unspecified atom stereocenters. The molecule has 0 N–H and O–H groups in total. The van der Waals surface area contributed by atoms with E-state index in [4.69, 9.17) is 9.57 Å². The van der Waals surface area contributed by atoms with Crippen molar-refractivity contribution in [2.45, 2.75) is 19.1 Å². The summed E-state index contributed by atoms with van der Waals surface area (Å²) in [7, 11) is 1.62. The van der Waals surface area contributed by atoms with Crippen LogP contribution in [0.25, 0.3) is 10.8 Å². The number of hydrogen-bond acceptors (Lipinski definition) is 4. The predicted molar refractivity (Wildman–Crippen MR) is 134 cm³/mol. The van der Waals surface area contributed by atoms with Crippen LogP contribution in [0.15, 0.2) is 96.2 Å². The van der Waals surface area contributed by atoms with Crippen LogP contribution >= 0.6 is 0 Å².